The normalized spacial score (nSPS) is 9.44. The van der Waals surface area contributed by atoms with Gasteiger partial charge in [-0.2, -0.15) is 4.37 Å². The second kappa shape index (κ2) is 2.33. The lowest BCUT2D eigenvalue weighted by molar-refractivity contribution is 0.100. The molecule has 0 bridgehead atoms. The second-order valence-electron chi connectivity index (χ2n) is 1.38. The summed E-state index contributed by atoms with van der Waals surface area (Å²) in [6.45, 7) is 0. The summed E-state index contributed by atoms with van der Waals surface area (Å²) >= 11 is 6.55. The zero-order chi connectivity index (χ0) is 6.85. The van der Waals surface area contributed by atoms with Gasteiger partial charge in [0.05, 0.1) is 5.56 Å². The average molecular weight is 163 g/mol. The summed E-state index contributed by atoms with van der Waals surface area (Å²) in [7, 11) is 0. The maximum absolute atomic E-state index is 10.4. The highest BCUT2D eigenvalue weighted by atomic mass is 35.5. The van der Waals surface area contributed by atoms with Crippen molar-refractivity contribution in [2.75, 3.05) is 0 Å². The van der Waals surface area contributed by atoms with Crippen LogP contribution in [0.15, 0.2) is 5.38 Å². The predicted molar refractivity (Wildman–Crippen MR) is 35.6 cm³/mol. The lowest BCUT2D eigenvalue weighted by atomic mass is 10.4. The van der Waals surface area contributed by atoms with E-state index in [9.17, 15) is 4.79 Å². The van der Waals surface area contributed by atoms with Crippen LogP contribution in [0.2, 0.25) is 5.15 Å². The summed E-state index contributed by atoms with van der Waals surface area (Å²) in [4.78, 5) is 10.4. The highest BCUT2D eigenvalue weighted by Crippen LogP contribution is 2.14. The summed E-state index contributed by atoms with van der Waals surface area (Å²) in [5.74, 6) is -0.534. The Bertz CT molecular complexity index is 234. The van der Waals surface area contributed by atoms with E-state index in [4.69, 9.17) is 17.3 Å². The molecule has 0 unspecified atom stereocenters. The fourth-order valence-electron chi connectivity index (χ4n) is 0.383. The first-order valence-electron chi connectivity index (χ1n) is 2.11. The van der Waals surface area contributed by atoms with Gasteiger partial charge in [0.15, 0.2) is 5.15 Å². The molecule has 0 spiro atoms. The summed E-state index contributed by atoms with van der Waals surface area (Å²) in [5, 5.41) is 1.71. The van der Waals surface area contributed by atoms with Gasteiger partial charge >= 0.3 is 0 Å². The van der Waals surface area contributed by atoms with Crippen molar-refractivity contribution in [2.24, 2.45) is 5.73 Å². The average Bonchev–Trinajstić information content (AvgIpc) is 2.13. The molecule has 1 aromatic heterocycles. The Labute approximate surface area is 60.6 Å². The van der Waals surface area contributed by atoms with E-state index in [1.807, 2.05) is 0 Å². The molecule has 48 valence electrons. The quantitative estimate of drug-likeness (QED) is 0.667. The van der Waals surface area contributed by atoms with Gasteiger partial charge in [-0.25, -0.2) is 0 Å². The number of nitrogens with zero attached hydrogens (tertiary/aromatic N) is 1. The van der Waals surface area contributed by atoms with E-state index in [1.165, 1.54) is 5.38 Å². The number of hydrogen-bond donors (Lipinski definition) is 1. The number of aromatic nitrogens is 1. The van der Waals surface area contributed by atoms with Crippen LogP contribution in [0.1, 0.15) is 10.4 Å². The molecule has 0 radical (unpaired) electrons. The van der Waals surface area contributed by atoms with Crippen molar-refractivity contribution in [3.05, 3.63) is 16.1 Å². The van der Waals surface area contributed by atoms with E-state index in [1.54, 1.807) is 0 Å². The van der Waals surface area contributed by atoms with Gasteiger partial charge in [0, 0.05) is 5.38 Å². The molecular formula is C4H3ClN2OS. The summed E-state index contributed by atoms with van der Waals surface area (Å²) in [6, 6.07) is 0. The zero-order valence-electron chi connectivity index (χ0n) is 4.30. The molecule has 0 aromatic carbocycles. The maximum Gasteiger partial charge on any atom is 0.252 e. The van der Waals surface area contributed by atoms with Crippen LogP contribution >= 0.6 is 23.1 Å². The first-order valence-corrected chi connectivity index (χ1v) is 3.33. The zero-order valence-corrected chi connectivity index (χ0v) is 5.87. The molecule has 5 heteroatoms. The van der Waals surface area contributed by atoms with Crippen LogP contribution in [-0.4, -0.2) is 10.3 Å². The number of carbonyl (C=O) groups is 1. The van der Waals surface area contributed by atoms with Crippen LogP contribution in [0.3, 0.4) is 0 Å². The molecule has 3 nitrogen and oxygen atoms in total. The van der Waals surface area contributed by atoms with Crippen molar-refractivity contribution >= 4 is 29.0 Å². The Morgan fingerprint density at radius 1 is 1.89 bits per heavy atom. The van der Waals surface area contributed by atoms with Gasteiger partial charge in [-0.3, -0.25) is 4.79 Å². The minimum absolute atomic E-state index is 0.188. The number of halogens is 1. The summed E-state index contributed by atoms with van der Waals surface area (Å²) in [6.07, 6.45) is 0. The van der Waals surface area contributed by atoms with Gasteiger partial charge in [0.25, 0.3) is 5.91 Å². The maximum atomic E-state index is 10.4. The molecule has 0 aliphatic carbocycles. The molecule has 0 saturated heterocycles. The first kappa shape index (κ1) is 6.51. The van der Waals surface area contributed by atoms with E-state index in [2.05, 4.69) is 4.37 Å². The van der Waals surface area contributed by atoms with Crippen molar-refractivity contribution in [1.29, 1.82) is 0 Å². The molecule has 9 heavy (non-hydrogen) atoms. The van der Waals surface area contributed by atoms with Gasteiger partial charge in [-0.1, -0.05) is 11.6 Å². The van der Waals surface area contributed by atoms with E-state index in [-0.39, 0.29) is 5.15 Å². The highest BCUT2D eigenvalue weighted by molar-refractivity contribution is 7.04. The van der Waals surface area contributed by atoms with Crippen LogP contribution < -0.4 is 5.73 Å². The van der Waals surface area contributed by atoms with Crippen molar-refractivity contribution in [3.63, 3.8) is 0 Å². The molecule has 1 aromatic rings. The molecule has 1 rings (SSSR count). The third-order valence-corrected chi connectivity index (χ3v) is 1.81. The van der Waals surface area contributed by atoms with Crippen molar-refractivity contribution in [2.45, 2.75) is 0 Å². The van der Waals surface area contributed by atoms with Crippen molar-refractivity contribution < 1.29 is 4.79 Å². The molecule has 0 aliphatic heterocycles. The summed E-state index contributed by atoms with van der Waals surface area (Å²) < 4.78 is 3.64. The minimum atomic E-state index is -0.534. The number of rotatable bonds is 1. The van der Waals surface area contributed by atoms with Gasteiger partial charge in [-0.15, -0.1) is 0 Å². The lowest BCUT2D eigenvalue weighted by Gasteiger charge is -1.84. The first-order chi connectivity index (χ1) is 4.22. The van der Waals surface area contributed by atoms with Crippen LogP contribution in [0.25, 0.3) is 0 Å². The third-order valence-electron chi connectivity index (χ3n) is 0.791. The fourth-order valence-corrected chi connectivity index (χ4v) is 1.29. The smallest absolute Gasteiger partial charge is 0.252 e. The van der Waals surface area contributed by atoms with Gasteiger partial charge < -0.3 is 5.73 Å². The number of primary amides is 1. The molecule has 0 saturated carbocycles. The Hall–Kier alpha value is -0.610. The van der Waals surface area contributed by atoms with Gasteiger partial charge in [0.2, 0.25) is 0 Å². The van der Waals surface area contributed by atoms with Crippen molar-refractivity contribution in [1.82, 2.24) is 4.37 Å². The van der Waals surface area contributed by atoms with E-state index in [0.29, 0.717) is 5.56 Å². The topological polar surface area (TPSA) is 56.0 Å². The van der Waals surface area contributed by atoms with Crippen LogP contribution in [0.5, 0.6) is 0 Å². The number of nitrogens with two attached hydrogens (primary N) is 1. The van der Waals surface area contributed by atoms with Crippen LogP contribution in [0.4, 0.5) is 0 Å². The summed E-state index contributed by atoms with van der Waals surface area (Å²) in [5.41, 5.74) is 5.20. The Balaban J connectivity index is 3.08. The van der Waals surface area contributed by atoms with Crippen molar-refractivity contribution in [3.8, 4) is 0 Å². The molecule has 2 N–H and O–H groups in total. The molecule has 0 aliphatic rings. The predicted octanol–water partition coefficient (Wildman–Crippen LogP) is 0.895. The largest absolute Gasteiger partial charge is 0.365 e. The second-order valence-corrected chi connectivity index (χ2v) is 2.37. The van der Waals surface area contributed by atoms with Crippen LogP contribution in [-0.2, 0) is 0 Å². The van der Waals surface area contributed by atoms with E-state index < -0.39 is 5.91 Å². The monoisotopic (exact) mass is 162 g/mol. The number of carbonyl (C=O) groups excluding carboxylic acids is 1. The molecular weight excluding hydrogens is 160 g/mol. The Morgan fingerprint density at radius 2 is 2.56 bits per heavy atom. The Morgan fingerprint density at radius 3 is 2.78 bits per heavy atom. The highest BCUT2D eigenvalue weighted by Gasteiger charge is 2.06. The van der Waals surface area contributed by atoms with Crippen LogP contribution in [0, 0.1) is 0 Å². The standard InChI is InChI=1S/C4H3ClN2OS/c5-3-2(4(6)8)1-9-7-3/h1H,(H2,6,8). The van der Waals surface area contributed by atoms with Gasteiger partial charge in [-0.05, 0) is 11.5 Å². The third kappa shape index (κ3) is 1.20. The molecule has 0 atom stereocenters. The Kier molecular flexibility index (Phi) is 1.68. The van der Waals surface area contributed by atoms with Gasteiger partial charge in [0.1, 0.15) is 0 Å². The minimum Gasteiger partial charge on any atom is -0.365 e. The number of amides is 1. The fraction of sp³-hybridized carbons (Fsp3) is 0. The van der Waals surface area contributed by atoms with E-state index in [0.717, 1.165) is 11.5 Å². The molecule has 0 fully saturated rings. The lowest BCUT2D eigenvalue weighted by Crippen LogP contribution is -2.09. The molecule has 1 amide bonds. The molecule has 1 heterocycles. The SMILES string of the molecule is NC(=O)c1csnc1Cl. The van der Waals surface area contributed by atoms with E-state index >= 15 is 0 Å². The number of hydrogen-bond acceptors (Lipinski definition) is 3.